The fraction of sp³-hybridized carbons (Fsp3) is 0.294. The van der Waals surface area contributed by atoms with Crippen molar-refractivity contribution in [3.8, 4) is 12.3 Å². The summed E-state index contributed by atoms with van der Waals surface area (Å²) in [5, 5.41) is 0. The van der Waals surface area contributed by atoms with Crippen molar-refractivity contribution in [1.29, 1.82) is 0 Å². The monoisotopic (exact) mass is 331 g/mol. The molecule has 5 nitrogen and oxygen atoms in total. The molecule has 0 spiro atoms. The van der Waals surface area contributed by atoms with Gasteiger partial charge in [-0.3, -0.25) is 4.90 Å². The Balaban J connectivity index is 0.000000249. The molecule has 1 aromatic carbocycles. The predicted octanol–water partition coefficient (Wildman–Crippen LogP) is 1.78. The van der Waals surface area contributed by atoms with E-state index < -0.39 is 11.6 Å². The molecule has 2 heterocycles. The van der Waals surface area contributed by atoms with Crippen LogP contribution in [0, 0.1) is 24.0 Å². The molecular weight excluding hydrogens is 312 g/mol. The summed E-state index contributed by atoms with van der Waals surface area (Å²) in [5.41, 5.74) is 6.30. The maximum absolute atomic E-state index is 13.6. The van der Waals surface area contributed by atoms with Crippen molar-refractivity contribution < 1.29 is 8.78 Å². The van der Waals surface area contributed by atoms with Gasteiger partial charge in [0.25, 0.3) is 0 Å². The molecule has 1 saturated heterocycles. The highest BCUT2D eigenvalue weighted by atomic mass is 19.1. The molecule has 1 fully saturated rings. The van der Waals surface area contributed by atoms with Gasteiger partial charge in [0.15, 0.2) is 0 Å². The summed E-state index contributed by atoms with van der Waals surface area (Å²) in [5.74, 6) is 1.55. The number of halogens is 2. The van der Waals surface area contributed by atoms with E-state index in [0.717, 1.165) is 19.2 Å². The Labute approximate surface area is 140 Å². The number of nitrogens with two attached hydrogens (primary N) is 1. The molecule has 7 heteroatoms. The highest BCUT2D eigenvalue weighted by molar-refractivity contribution is 5.48. The molecule has 0 amide bonds. The van der Waals surface area contributed by atoms with Crippen molar-refractivity contribution in [3.05, 3.63) is 48.6 Å². The first-order valence-electron chi connectivity index (χ1n) is 7.46. The molecule has 1 aliphatic heterocycles. The Kier molecular flexibility index (Phi) is 6.46. The molecule has 0 aliphatic carbocycles. The number of nitrogen functional groups attached to an aromatic ring is 1. The molecule has 0 saturated carbocycles. The van der Waals surface area contributed by atoms with Crippen molar-refractivity contribution in [2.45, 2.75) is 0 Å². The van der Waals surface area contributed by atoms with Crippen LogP contribution in [-0.4, -0.2) is 47.6 Å². The van der Waals surface area contributed by atoms with Gasteiger partial charge < -0.3 is 10.6 Å². The number of aromatic nitrogens is 2. The van der Waals surface area contributed by atoms with Crippen molar-refractivity contribution in [3.63, 3.8) is 0 Å². The molecule has 2 N–H and O–H groups in total. The smallest absolute Gasteiger partial charge is 0.149 e. The van der Waals surface area contributed by atoms with Crippen molar-refractivity contribution in [1.82, 2.24) is 14.9 Å². The van der Waals surface area contributed by atoms with Gasteiger partial charge in [-0.2, -0.15) is 0 Å². The topological polar surface area (TPSA) is 58.3 Å². The second-order valence-electron chi connectivity index (χ2n) is 5.23. The number of hydrogen-bond donors (Lipinski definition) is 1. The standard InChI is InChI=1S/C13H14F2N2.C4H5N3/c1-2-5-16-6-8-17(9-7-16)13-4-3-11(14)10-12(13)15;5-4-1-6-3-7-2-4/h1,3-4,10H,5-9H2;1-3H,5H2. The SMILES string of the molecule is C#CCN1CCN(c2ccc(F)cc2F)CC1.Nc1cncnc1. The van der Waals surface area contributed by atoms with Gasteiger partial charge in [-0.25, -0.2) is 18.7 Å². The van der Waals surface area contributed by atoms with Crippen LogP contribution in [0.2, 0.25) is 0 Å². The Hall–Kier alpha value is -2.72. The first-order valence-corrected chi connectivity index (χ1v) is 7.46. The highest BCUT2D eigenvalue weighted by Crippen LogP contribution is 2.21. The number of hydrogen-bond acceptors (Lipinski definition) is 5. The van der Waals surface area contributed by atoms with E-state index in [1.807, 2.05) is 4.90 Å². The van der Waals surface area contributed by atoms with Crippen molar-refractivity contribution in [2.24, 2.45) is 0 Å². The van der Waals surface area contributed by atoms with Crippen LogP contribution < -0.4 is 10.6 Å². The summed E-state index contributed by atoms with van der Waals surface area (Å²) >= 11 is 0. The van der Waals surface area contributed by atoms with Gasteiger partial charge in [-0.05, 0) is 12.1 Å². The number of benzene rings is 1. The summed E-state index contributed by atoms with van der Waals surface area (Å²) in [4.78, 5) is 11.4. The number of terminal acetylenes is 1. The van der Waals surface area contributed by atoms with Gasteiger partial charge in [0.1, 0.15) is 18.0 Å². The first-order chi connectivity index (χ1) is 11.6. The molecule has 24 heavy (non-hydrogen) atoms. The average Bonchev–Trinajstić information content (AvgIpc) is 2.57. The normalized spacial score (nSPS) is 14.5. The van der Waals surface area contributed by atoms with E-state index in [9.17, 15) is 8.78 Å². The molecule has 3 rings (SSSR count). The Bertz CT molecular complexity index is 679. The molecule has 0 atom stereocenters. The lowest BCUT2D eigenvalue weighted by Crippen LogP contribution is -2.46. The Morgan fingerprint density at radius 3 is 2.29 bits per heavy atom. The maximum Gasteiger partial charge on any atom is 0.149 e. The van der Waals surface area contributed by atoms with Crippen LogP contribution in [0.5, 0.6) is 0 Å². The van der Waals surface area contributed by atoms with Gasteiger partial charge in [0.2, 0.25) is 0 Å². The molecule has 0 radical (unpaired) electrons. The summed E-state index contributed by atoms with van der Waals surface area (Å²) < 4.78 is 26.3. The number of piperazine rings is 1. The fourth-order valence-electron chi connectivity index (χ4n) is 2.32. The quantitative estimate of drug-likeness (QED) is 0.850. The van der Waals surface area contributed by atoms with Gasteiger partial charge in [-0.1, -0.05) is 5.92 Å². The average molecular weight is 331 g/mol. The van der Waals surface area contributed by atoms with Crippen molar-refractivity contribution in [2.75, 3.05) is 43.4 Å². The van der Waals surface area contributed by atoms with E-state index in [4.69, 9.17) is 12.2 Å². The highest BCUT2D eigenvalue weighted by Gasteiger charge is 2.18. The Morgan fingerprint density at radius 1 is 1.12 bits per heavy atom. The second-order valence-corrected chi connectivity index (χ2v) is 5.23. The molecule has 2 aromatic rings. The van der Waals surface area contributed by atoms with Crippen LogP contribution in [0.4, 0.5) is 20.2 Å². The zero-order chi connectivity index (χ0) is 17.4. The zero-order valence-corrected chi connectivity index (χ0v) is 13.2. The first kappa shape index (κ1) is 17.6. The Morgan fingerprint density at radius 2 is 1.79 bits per heavy atom. The van der Waals surface area contributed by atoms with Crippen LogP contribution >= 0.6 is 0 Å². The molecular formula is C17H19F2N5. The maximum atomic E-state index is 13.6. The van der Waals surface area contributed by atoms with Gasteiger partial charge >= 0.3 is 0 Å². The number of rotatable bonds is 2. The molecule has 1 aliphatic rings. The lowest BCUT2D eigenvalue weighted by atomic mass is 10.2. The predicted molar refractivity (Wildman–Crippen MR) is 90.3 cm³/mol. The van der Waals surface area contributed by atoms with Crippen molar-refractivity contribution >= 4 is 11.4 Å². The largest absolute Gasteiger partial charge is 0.396 e. The molecule has 0 bridgehead atoms. The minimum absolute atomic E-state index is 0.465. The minimum Gasteiger partial charge on any atom is -0.396 e. The summed E-state index contributed by atoms with van der Waals surface area (Å²) in [6, 6.07) is 3.69. The summed E-state index contributed by atoms with van der Waals surface area (Å²) in [6.07, 6.45) is 9.78. The number of nitrogens with zero attached hydrogens (tertiary/aromatic N) is 4. The van der Waals surface area contributed by atoms with Crippen LogP contribution in [-0.2, 0) is 0 Å². The van der Waals surface area contributed by atoms with Crippen LogP contribution in [0.15, 0.2) is 36.9 Å². The lowest BCUT2D eigenvalue weighted by molar-refractivity contribution is 0.287. The number of anilines is 2. The van der Waals surface area contributed by atoms with E-state index in [1.54, 1.807) is 12.4 Å². The van der Waals surface area contributed by atoms with E-state index >= 15 is 0 Å². The van der Waals surface area contributed by atoms with Crippen LogP contribution in [0.25, 0.3) is 0 Å². The third-order valence-corrected chi connectivity index (χ3v) is 3.52. The minimum atomic E-state index is -0.544. The molecule has 126 valence electrons. The van der Waals surface area contributed by atoms with Crippen LogP contribution in [0.3, 0.4) is 0 Å². The molecule has 0 unspecified atom stereocenters. The molecule has 1 aromatic heterocycles. The fourth-order valence-corrected chi connectivity index (χ4v) is 2.32. The van der Waals surface area contributed by atoms with E-state index in [-0.39, 0.29) is 0 Å². The lowest BCUT2D eigenvalue weighted by Gasteiger charge is -2.35. The third kappa shape index (κ3) is 5.18. The van der Waals surface area contributed by atoms with E-state index in [0.29, 0.717) is 31.0 Å². The third-order valence-electron chi connectivity index (χ3n) is 3.52. The van der Waals surface area contributed by atoms with Crippen LogP contribution in [0.1, 0.15) is 0 Å². The summed E-state index contributed by atoms with van der Waals surface area (Å²) in [7, 11) is 0. The van der Waals surface area contributed by atoms with E-state index in [2.05, 4.69) is 20.8 Å². The van der Waals surface area contributed by atoms with E-state index in [1.165, 1.54) is 18.5 Å². The van der Waals surface area contributed by atoms with Gasteiger partial charge in [0.05, 0.1) is 30.3 Å². The summed E-state index contributed by atoms with van der Waals surface area (Å²) in [6.45, 7) is 3.66. The second kappa shape index (κ2) is 8.79. The zero-order valence-electron chi connectivity index (χ0n) is 13.2. The van der Waals surface area contributed by atoms with Gasteiger partial charge in [0, 0.05) is 32.2 Å². The van der Waals surface area contributed by atoms with Gasteiger partial charge in [-0.15, -0.1) is 6.42 Å².